The Morgan fingerprint density at radius 3 is 2.35 bits per heavy atom. The number of hydrogen-bond acceptors (Lipinski definition) is 3. The first-order valence-electron chi connectivity index (χ1n) is 10.0. The van der Waals surface area contributed by atoms with E-state index in [0.29, 0.717) is 35.4 Å². The fourth-order valence-electron chi connectivity index (χ4n) is 3.80. The number of halogens is 1. The van der Waals surface area contributed by atoms with E-state index in [1.54, 1.807) is 18.2 Å². The minimum Gasteiger partial charge on any atom is -0.449 e. The SMILES string of the molecule is O=Cc1c(Cl)cccc1C#CCCNC(=O)OCC1c2ccccc2-c2ccccc21. The second-order valence-corrected chi connectivity index (χ2v) is 7.53. The summed E-state index contributed by atoms with van der Waals surface area (Å²) in [4.78, 5) is 23.3. The molecular weight excluding hydrogens is 410 g/mol. The molecule has 0 radical (unpaired) electrons. The van der Waals surface area contributed by atoms with Crippen molar-refractivity contribution in [2.45, 2.75) is 12.3 Å². The predicted octanol–water partition coefficient (Wildman–Crippen LogP) is 5.43. The number of carbonyl (C=O) groups excluding carboxylic acids is 2. The number of aldehydes is 1. The molecule has 31 heavy (non-hydrogen) atoms. The van der Waals surface area contributed by atoms with Gasteiger partial charge in [-0.15, -0.1) is 0 Å². The summed E-state index contributed by atoms with van der Waals surface area (Å²) in [7, 11) is 0. The highest BCUT2D eigenvalue weighted by molar-refractivity contribution is 6.33. The van der Waals surface area contributed by atoms with E-state index >= 15 is 0 Å². The van der Waals surface area contributed by atoms with Crippen molar-refractivity contribution in [1.82, 2.24) is 5.32 Å². The van der Waals surface area contributed by atoms with Gasteiger partial charge in [-0.1, -0.05) is 78.0 Å². The molecule has 1 aliphatic carbocycles. The Bertz CT molecular complexity index is 1150. The number of amides is 1. The van der Waals surface area contributed by atoms with E-state index in [9.17, 15) is 9.59 Å². The molecule has 154 valence electrons. The number of ether oxygens (including phenoxy) is 1. The minimum atomic E-state index is -0.472. The summed E-state index contributed by atoms with van der Waals surface area (Å²) in [6, 6.07) is 21.6. The van der Waals surface area contributed by atoms with Crippen molar-refractivity contribution in [3.05, 3.63) is 94.0 Å². The van der Waals surface area contributed by atoms with Crippen molar-refractivity contribution in [3.63, 3.8) is 0 Å². The van der Waals surface area contributed by atoms with Gasteiger partial charge in [-0.3, -0.25) is 4.79 Å². The van der Waals surface area contributed by atoms with Crippen LogP contribution in [0.5, 0.6) is 0 Å². The highest BCUT2D eigenvalue weighted by atomic mass is 35.5. The molecule has 5 heteroatoms. The highest BCUT2D eigenvalue weighted by Crippen LogP contribution is 2.44. The molecule has 0 spiro atoms. The molecule has 0 saturated carbocycles. The Morgan fingerprint density at radius 2 is 1.68 bits per heavy atom. The molecule has 0 aromatic heterocycles. The van der Waals surface area contributed by atoms with Gasteiger partial charge in [-0.2, -0.15) is 0 Å². The van der Waals surface area contributed by atoms with Gasteiger partial charge in [-0.05, 0) is 34.4 Å². The topological polar surface area (TPSA) is 55.4 Å². The lowest BCUT2D eigenvalue weighted by atomic mass is 9.98. The molecule has 0 atom stereocenters. The number of nitrogens with one attached hydrogen (secondary N) is 1. The second kappa shape index (κ2) is 9.51. The van der Waals surface area contributed by atoms with Crippen molar-refractivity contribution in [1.29, 1.82) is 0 Å². The number of hydrogen-bond donors (Lipinski definition) is 1. The second-order valence-electron chi connectivity index (χ2n) is 7.12. The summed E-state index contributed by atoms with van der Waals surface area (Å²) in [6.45, 7) is 0.622. The highest BCUT2D eigenvalue weighted by Gasteiger charge is 2.28. The average Bonchev–Trinajstić information content (AvgIpc) is 3.11. The molecule has 1 aliphatic rings. The Hall–Kier alpha value is -3.55. The molecule has 0 aliphatic heterocycles. The van der Waals surface area contributed by atoms with Crippen molar-refractivity contribution in [2.24, 2.45) is 0 Å². The number of rotatable bonds is 5. The van der Waals surface area contributed by atoms with Gasteiger partial charge in [0.25, 0.3) is 0 Å². The number of fused-ring (bicyclic) bond motifs is 3. The van der Waals surface area contributed by atoms with Crippen LogP contribution in [0.25, 0.3) is 11.1 Å². The molecule has 4 nitrogen and oxygen atoms in total. The maximum Gasteiger partial charge on any atom is 0.407 e. The monoisotopic (exact) mass is 429 g/mol. The maximum atomic E-state index is 12.2. The van der Waals surface area contributed by atoms with Gasteiger partial charge in [0.1, 0.15) is 6.61 Å². The lowest BCUT2D eigenvalue weighted by Crippen LogP contribution is -2.26. The predicted molar refractivity (Wildman–Crippen MR) is 121 cm³/mol. The smallest absolute Gasteiger partial charge is 0.407 e. The van der Waals surface area contributed by atoms with Crippen LogP contribution in [0.2, 0.25) is 5.02 Å². The summed E-state index contributed by atoms with van der Waals surface area (Å²) in [5.74, 6) is 5.89. The van der Waals surface area contributed by atoms with Gasteiger partial charge in [-0.25, -0.2) is 4.79 Å². The lowest BCUT2D eigenvalue weighted by Gasteiger charge is -2.14. The van der Waals surface area contributed by atoms with Crippen LogP contribution >= 0.6 is 11.6 Å². The van der Waals surface area contributed by atoms with Gasteiger partial charge in [0.05, 0.1) is 5.02 Å². The molecule has 4 rings (SSSR count). The normalized spacial score (nSPS) is 11.6. The van der Waals surface area contributed by atoms with Crippen molar-refractivity contribution < 1.29 is 14.3 Å². The molecular formula is C26H20ClNO3. The largest absolute Gasteiger partial charge is 0.449 e. The van der Waals surface area contributed by atoms with Crippen molar-refractivity contribution in [3.8, 4) is 23.0 Å². The van der Waals surface area contributed by atoms with E-state index in [0.717, 1.165) is 0 Å². The van der Waals surface area contributed by atoms with Crippen LogP contribution in [0.4, 0.5) is 4.79 Å². The molecule has 0 saturated heterocycles. The van der Waals surface area contributed by atoms with Gasteiger partial charge >= 0.3 is 6.09 Å². The molecule has 0 bridgehead atoms. The Kier molecular flexibility index (Phi) is 6.35. The fourth-order valence-corrected chi connectivity index (χ4v) is 4.02. The van der Waals surface area contributed by atoms with E-state index in [4.69, 9.17) is 16.3 Å². The first-order valence-corrected chi connectivity index (χ1v) is 10.4. The first kappa shape index (κ1) is 20.7. The zero-order valence-corrected chi connectivity index (χ0v) is 17.5. The zero-order valence-electron chi connectivity index (χ0n) is 16.7. The van der Waals surface area contributed by atoms with E-state index in [-0.39, 0.29) is 12.5 Å². The molecule has 1 N–H and O–H groups in total. The van der Waals surface area contributed by atoms with Gasteiger partial charge in [0, 0.05) is 30.0 Å². The van der Waals surface area contributed by atoms with Gasteiger partial charge < -0.3 is 10.1 Å². The van der Waals surface area contributed by atoms with Crippen LogP contribution in [-0.4, -0.2) is 25.5 Å². The summed E-state index contributed by atoms with van der Waals surface area (Å²) in [6.07, 6.45) is 0.649. The first-order chi connectivity index (χ1) is 15.2. The standard InChI is InChI=1S/C26H20ClNO3/c27-25-14-7-9-18(23(25)16-29)8-5-6-15-28-26(30)31-17-24-21-12-3-1-10-19(21)20-11-2-4-13-22(20)24/h1-4,7,9-14,16,24H,6,15,17H2,(H,28,30). The maximum absolute atomic E-state index is 12.2. The van der Waals surface area contributed by atoms with Crippen LogP contribution in [0.3, 0.4) is 0 Å². The van der Waals surface area contributed by atoms with E-state index in [1.807, 2.05) is 24.3 Å². The summed E-state index contributed by atoms with van der Waals surface area (Å²) < 4.78 is 5.49. The van der Waals surface area contributed by atoms with E-state index in [2.05, 4.69) is 41.4 Å². The summed E-state index contributed by atoms with van der Waals surface area (Å²) in [5, 5.41) is 3.10. The van der Waals surface area contributed by atoms with Crippen LogP contribution in [0.15, 0.2) is 66.7 Å². The van der Waals surface area contributed by atoms with E-state index in [1.165, 1.54) is 22.3 Å². The van der Waals surface area contributed by atoms with Crippen LogP contribution < -0.4 is 5.32 Å². The lowest BCUT2D eigenvalue weighted by molar-refractivity contribution is 0.112. The molecule has 0 heterocycles. The average molecular weight is 430 g/mol. The molecule has 0 fully saturated rings. The van der Waals surface area contributed by atoms with Crippen LogP contribution in [0, 0.1) is 11.8 Å². The third-order valence-electron chi connectivity index (χ3n) is 5.26. The van der Waals surface area contributed by atoms with Crippen molar-refractivity contribution in [2.75, 3.05) is 13.2 Å². The van der Waals surface area contributed by atoms with E-state index < -0.39 is 6.09 Å². The van der Waals surface area contributed by atoms with Gasteiger partial charge in [0.15, 0.2) is 6.29 Å². The molecule has 1 amide bonds. The third kappa shape index (κ3) is 4.47. The van der Waals surface area contributed by atoms with Gasteiger partial charge in [0.2, 0.25) is 0 Å². The minimum absolute atomic E-state index is 0.0301. The summed E-state index contributed by atoms with van der Waals surface area (Å²) >= 11 is 5.99. The summed E-state index contributed by atoms with van der Waals surface area (Å²) in [5.41, 5.74) is 5.69. The van der Waals surface area contributed by atoms with Crippen LogP contribution in [-0.2, 0) is 4.74 Å². The molecule has 3 aromatic carbocycles. The number of alkyl carbamates (subject to hydrolysis) is 1. The quantitative estimate of drug-likeness (QED) is 0.334. The Morgan fingerprint density at radius 1 is 1.00 bits per heavy atom. The zero-order chi connectivity index (χ0) is 21.6. The van der Waals surface area contributed by atoms with Crippen LogP contribution in [0.1, 0.15) is 39.4 Å². The third-order valence-corrected chi connectivity index (χ3v) is 5.59. The fraction of sp³-hybridized carbons (Fsp3) is 0.154. The number of benzene rings is 3. The molecule has 3 aromatic rings. The van der Waals surface area contributed by atoms with Crippen molar-refractivity contribution >= 4 is 24.0 Å². The Labute approximate surface area is 186 Å². The number of carbonyl (C=O) groups is 2. The Balaban J connectivity index is 1.30. The molecule has 0 unspecified atom stereocenters.